The molecular weight excluding hydrogens is 248 g/mol. The lowest BCUT2D eigenvalue weighted by atomic mass is 9.93. The second-order valence-electron chi connectivity index (χ2n) is 5.16. The summed E-state index contributed by atoms with van der Waals surface area (Å²) in [5.41, 5.74) is 3.35. The highest BCUT2D eigenvalue weighted by Gasteiger charge is 2.14. The van der Waals surface area contributed by atoms with Crippen molar-refractivity contribution in [1.29, 1.82) is 0 Å². The van der Waals surface area contributed by atoms with Crippen LogP contribution in [0.5, 0.6) is 11.5 Å². The third-order valence-electron chi connectivity index (χ3n) is 3.73. The van der Waals surface area contributed by atoms with Crippen molar-refractivity contribution >= 4 is 11.1 Å². The predicted octanol–water partition coefficient (Wildman–Crippen LogP) is 4.56. The molecule has 0 fully saturated rings. The third kappa shape index (κ3) is 2.42. The summed E-state index contributed by atoms with van der Waals surface area (Å²) in [5, 5.41) is 20.5. The SMILES string of the molecule is Oc1cc(C2=CCCC=C2)c(O)cc1C1=CCCC=C1. The summed E-state index contributed by atoms with van der Waals surface area (Å²) in [7, 11) is 0. The monoisotopic (exact) mass is 266 g/mol. The van der Waals surface area contributed by atoms with Crippen LogP contribution in [0.1, 0.15) is 36.8 Å². The Morgan fingerprint density at radius 3 is 1.45 bits per heavy atom. The van der Waals surface area contributed by atoms with Crippen molar-refractivity contribution in [2.24, 2.45) is 0 Å². The lowest BCUT2D eigenvalue weighted by Crippen LogP contribution is -1.92. The number of hydrogen-bond donors (Lipinski definition) is 2. The van der Waals surface area contributed by atoms with Crippen LogP contribution in [0.2, 0.25) is 0 Å². The van der Waals surface area contributed by atoms with E-state index >= 15 is 0 Å². The van der Waals surface area contributed by atoms with Crippen LogP contribution in [0.25, 0.3) is 11.1 Å². The summed E-state index contributed by atoms with van der Waals surface area (Å²) in [5.74, 6) is 0.436. The first-order chi connectivity index (χ1) is 9.75. The van der Waals surface area contributed by atoms with E-state index < -0.39 is 0 Å². The summed E-state index contributed by atoms with van der Waals surface area (Å²) >= 11 is 0. The lowest BCUT2D eigenvalue weighted by molar-refractivity contribution is 0.457. The molecule has 0 spiro atoms. The summed E-state index contributed by atoms with van der Waals surface area (Å²) in [6, 6.07) is 3.32. The highest BCUT2D eigenvalue weighted by Crippen LogP contribution is 2.38. The van der Waals surface area contributed by atoms with E-state index in [1.165, 1.54) is 0 Å². The fourth-order valence-electron chi connectivity index (χ4n) is 2.67. The van der Waals surface area contributed by atoms with E-state index in [-0.39, 0.29) is 11.5 Å². The number of benzene rings is 1. The van der Waals surface area contributed by atoms with Gasteiger partial charge in [0.15, 0.2) is 0 Å². The molecule has 0 aromatic heterocycles. The maximum atomic E-state index is 10.3. The molecule has 0 amide bonds. The van der Waals surface area contributed by atoms with Gasteiger partial charge in [-0.15, -0.1) is 0 Å². The molecule has 1 aromatic rings. The Hall–Kier alpha value is -2.22. The van der Waals surface area contributed by atoms with E-state index in [1.54, 1.807) is 12.1 Å². The molecule has 20 heavy (non-hydrogen) atoms. The molecule has 2 nitrogen and oxygen atoms in total. The smallest absolute Gasteiger partial charge is 0.124 e. The molecule has 2 aliphatic rings. The molecule has 0 heterocycles. The van der Waals surface area contributed by atoms with E-state index in [9.17, 15) is 10.2 Å². The van der Waals surface area contributed by atoms with Crippen LogP contribution in [-0.4, -0.2) is 10.2 Å². The predicted molar refractivity (Wildman–Crippen MR) is 82.5 cm³/mol. The van der Waals surface area contributed by atoms with Gasteiger partial charge in [0.2, 0.25) is 0 Å². The Bertz CT molecular complexity index is 588. The van der Waals surface area contributed by atoms with Crippen molar-refractivity contribution in [1.82, 2.24) is 0 Å². The van der Waals surface area contributed by atoms with Gasteiger partial charge < -0.3 is 10.2 Å². The average molecular weight is 266 g/mol. The molecule has 0 unspecified atom stereocenters. The molecule has 0 radical (unpaired) electrons. The molecule has 0 saturated carbocycles. The lowest BCUT2D eigenvalue weighted by Gasteiger charge is -2.14. The van der Waals surface area contributed by atoms with Crippen LogP contribution < -0.4 is 0 Å². The van der Waals surface area contributed by atoms with Gasteiger partial charge in [-0.05, 0) is 49.0 Å². The van der Waals surface area contributed by atoms with Crippen molar-refractivity contribution in [3.63, 3.8) is 0 Å². The Morgan fingerprint density at radius 1 is 0.650 bits per heavy atom. The average Bonchev–Trinajstić information content (AvgIpc) is 2.51. The van der Waals surface area contributed by atoms with Crippen LogP contribution >= 0.6 is 0 Å². The first-order valence-corrected chi connectivity index (χ1v) is 7.06. The van der Waals surface area contributed by atoms with E-state index in [0.29, 0.717) is 11.1 Å². The van der Waals surface area contributed by atoms with Crippen molar-refractivity contribution in [2.45, 2.75) is 25.7 Å². The van der Waals surface area contributed by atoms with E-state index in [0.717, 1.165) is 36.8 Å². The minimum atomic E-state index is 0.218. The summed E-state index contributed by atoms with van der Waals surface area (Å²) in [6.45, 7) is 0. The van der Waals surface area contributed by atoms with Gasteiger partial charge in [0.1, 0.15) is 11.5 Å². The van der Waals surface area contributed by atoms with Gasteiger partial charge in [-0.1, -0.05) is 36.5 Å². The highest BCUT2D eigenvalue weighted by atomic mass is 16.3. The second kappa shape index (κ2) is 5.41. The van der Waals surface area contributed by atoms with Gasteiger partial charge >= 0.3 is 0 Å². The number of aromatic hydroxyl groups is 2. The largest absolute Gasteiger partial charge is 0.507 e. The first-order valence-electron chi connectivity index (χ1n) is 7.06. The van der Waals surface area contributed by atoms with Crippen molar-refractivity contribution in [3.8, 4) is 11.5 Å². The summed E-state index contributed by atoms with van der Waals surface area (Å²) in [4.78, 5) is 0. The third-order valence-corrected chi connectivity index (χ3v) is 3.73. The molecule has 3 rings (SSSR count). The Labute approximate surface area is 119 Å². The van der Waals surface area contributed by atoms with Gasteiger partial charge in [0.25, 0.3) is 0 Å². The van der Waals surface area contributed by atoms with Crippen LogP contribution in [0.3, 0.4) is 0 Å². The molecular formula is C18H18O2. The van der Waals surface area contributed by atoms with Crippen LogP contribution in [-0.2, 0) is 0 Å². The molecule has 102 valence electrons. The van der Waals surface area contributed by atoms with Gasteiger partial charge in [0, 0.05) is 11.1 Å². The molecule has 1 aromatic carbocycles. The molecule has 2 heteroatoms. The van der Waals surface area contributed by atoms with Crippen LogP contribution in [0.15, 0.2) is 48.6 Å². The van der Waals surface area contributed by atoms with Gasteiger partial charge in [0.05, 0.1) is 0 Å². The van der Waals surface area contributed by atoms with Crippen LogP contribution in [0, 0.1) is 0 Å². The number of rotatable bonds is 2. The van der Waals surface area contributed by atoms with Gasteiger partial charge in [-0.3, -0.25) is 0 Å². The zero-order chi connectivity index (χ0) is 13.9. The Morgan fingerprint density at radius 2 is 1.10 bits per heavy atom. The van der Waals surface area contributed by atoms with Crippen LogP contribution in [0.4, 0.5) is 0 Å². The van der Waals surface area contributed by atoms with Gasteiger partial charge in [-0.2, -0.15) is 0 Å². The van der Waals surface area contributed by atoms with Gasteiger partial charge in [-0.25, -0.2) is 0 Å². The molecule has 0 saturated heterocycles. The standard InChI is InChI=1S/C18H18O2/c19-17-12-16(14-9-5-2-6-10-14)18(20)11-15(17)13-7-3-1-4-8-13/h3,5,7-12,19-20H,1-2,4,6H2. The zero-order valence-electron chi connectivity index (χ0n) is 11.3. The summed E-state index contributed by atoms with van der Waals surface area (Å²) in [6.07, 6.45) is 16.4. The van der Waals surface area contributed by atoms with E-state index in [1.807, 2.05) is 12.2 Å². The number of allylic oxidation sites excluding steroid dienone is 8. The number of phenols is 2. The Balaban J connectivity index is 2.02. The molecule has 2 aliphatic carbocycles. The minimum Gasteiger partial charge on any atom is -0.507 e. The normalized spacial score (nSPS) is 17.8. The highest BCUT2D eigenvalue weighted by molar-refractivity contribution is 5.84. The van der Waals surface area contributed by atoms with Crippen molar-refractivity contribution in [2.75, 3.05) is 0 Å². The second-order valence-corrected chi connectivity index (χ2v) is 5.16. The van der Waals surface area contributed by atoms with E-state index in [4.69, 9.17) is 0 Å². The maximum Gasteiger partial charge on any atom is 0.124 e. The van der Waals surface area contributed by atoms with Crippen molar-refractivity contribution in [3.05, 3.63) is 59.7 Å². The molecule has 0 aliphatic heterocycles. The Kier molecular flexibility index (Phi) is 3.46. The maximum absolute atomic E-state index is 10.3. The minimum absolute atomic E-state index is 0.218. The topological polar surface area (TPSA) is 40.5 Å². The number of phenolic OH excluding ortho intramolecular Hbond substituents is 2. The fraction of sp³-hybridized carbons (Fsp3) is 0.222. The summed E-state index contributed by atoms with van der Waals surface area (Å²) < 4.78 is 0. The molecule has 0 atom stereocenters. The van der Waals surface area contributed by atoms with E-state index in [2.05, 4.69) is 24.3 Å². The zero-order valence-corrected chi connectivity index (χ0v) is 11.3. The molecule has 2 N–H and O–H groups in total. The quantitative estimate of drug-likeness (QED) is 0.770. The number of hydrogen-bond acceptors (Lipinski definition) is 2. The van der Waals surface area contributed by atoms with Crippen molar-refractivity contribution < 1.29 is 10.2 Å². The molecule has 0 bridgehead atoms. The first kappa shape index (κ1) is 12.8. The fourth-order valence-corrected chi connectivity index (χ4v) is 2.67.